The lowest BCUT2D eigenvalue weighted by atomic mass is 9.33. The van der Waals surface area contributed by atoms with Gasteiger partial charge >= 0.3 is 0 Å². The molecular formula is C61H40BN3O. The van der Waals surface area contributed by atoms with E-state index in [1.54, 1.807) is 0 Å². The molecule has 4 heterocycles. The molecule has 2 aliphatic heterocycles. The number of aromatic nitrogens is 1. The highest BCUT2D eigenvalue weighted by Gasteiger charge is 2.44. The first-order chi connectivity index (χ1) is 32.7. The Morgan fingerprint density at radius 3 is 1.18 bits per heavy atom. The minimum absolute atomic E-state index is 0.0987. The first kappa shape index (κ1) is 37.9. The van der Waals surface area contributed by atoms with Crippen LogP contribution in [0.15, 0.2) is 247 Å². The minimum atomic E-state index is -0.0987. The molecule has 0 radical (unpaired) electrons. The van der Waals surface area contributed by atoms with Crippen LogP contribution in [0.1, 0.15) is 0 Å². The van der Waals surface area contributed by atoms with E-state index in [1.807, 2.05) is 18.3 Å². The van der Waals surface area contributed by atoms with Crippen LogP contribution in [0.4, 0.5) is 34.1 Å². The van der Waals surface area contributed by atoms with Crippen LogP contribution in [0.5, 0.6) is 0 Å². The number of anilines is 6. The highest BCUT2D eigenvalue weighted by molar-refractivity contribution is 7.00. The van der Waals surface area contributed by atoms with Crippen molar-refractivity contribution in [1.82, 2.24) is 4.98 Å². The summed E-state index contributed by atoms with van der Waals surface area (Å²) in [6.45, 7) is -0.0987. The fraction of sp³-hybridized carbons (Fsp3) is 0. The summed E-state index contributed by atoms with van der Waals surface area (Å²) in [6, 6.07) is 85.6. The standard InChI is InChI=1S/C61H40BN3O/c1-5-14-41(15-6-1)45-23-29-50(30-24-45)64-55-33-27-47(43-18-9-3-10-19-43)36-52(55)62-53-37-48(44-20-11-4-12-21-44)28-34-56(53)65(51-31-25-46(26-32-51)42-16-7-2-8-17-42)58-39-49(38-57(64)61(58)62)60-40-54-59(66-60)22-13-35-63-54/h1-40H. The van der Waals surface area contributed by atoms with Crippen molar-refractivity contribution >= 4 is 68.3 Å². The van der Waals surface area contributed by atoms with E-state index in [9.17, 15) is 0 Å². The molecule has 0 atom stereocenters. The van der Waals surface area contributed by atoms with Crippen molar-refractivity contribution < 1.29 is 4.42 Å². The van der Waals surface area contributed by atoms with Crippen LogP contribution in [0.3, 0.4) is 0 Å². The van der Waals surface area contributed by atoms with E-state index in [1.165, 1.54) is 60.9 Å². The van der Waals surface area contributed by atoms with Gasteiger partial charge in [-0.25, -0.2) is 0 Å². The maximum atomic E-state index is 6.67. The second kappa shape index (κ2) is 15.5. The molecule has 4 nitrogen and oxygen atoms in total. The summed E-state index contributed by atoms with van der Waals surface area (Å²) >= 11 is 0. The van der Waals surface area contributed by atoms with Gasteiger partial charge in [-0.15, -0.1) is 0 Å². The quantitative estimate of drug-likeness (QED) is 0.150. The second-order valence-corrected chi connectivity index (χ2v) is 17.1. The predicted molar refractivity (Wildman–Crippen MR) is 275 cm³/mol. The molecule has 2 aromatic heterocycles. The molecule has 9 aromatic carbocycles. The summed E-state index contributed by atoms with van der Waals surface area (Å²) in [5, 5.41) is 0. The SMILES string of the molecule is c1ccc(-c2ccc(N3c4ccc(-c5ccccc5)cc4B4c5cc(-c6ccccc6)ccc5N(c5ccc(-c6ccccc6)cc5)c5cc(-c6cc7ncccc7o6)cc3c54)cc2)cc1. The molecule has 0 amide bonds. The minimum Gasteiger partial charge on any atom is -0.454 e. The van der Waals surface area contributed by atoms with Crippen molar-refractivity contribution in [1.29, 1.82) is 0 Å². The van der Waals surface area contributed by atoms with Crippen LogP contribution >= 0.6 is 0 Å². The van der Waals surface area contributed by atoms with Crippen LogP contribution in [-0.4, -0.2) is 11.7 Å². The molecule has 13 rings (SSSR count). The Morgan fingerprint density at radius 1 is 0.333 bits per heavy atom. The van der Waals surface area contributed by atoms with E-state index in [0.717, 1.165) is 56.5 Å². The van der Waals surface area contributed by atoms with E-state index >= 15 is 0 Å². The summed E-state index contributed by atoms with van der Waals surface area (Å²) in [4.78, 5) is 9.63. The normalized spacial score (nSPS) is 12.5. The Balaban J connectivity index is 1.11. The monoisotopic (exact) mass is 841 g/mol. The zero-order chi connectivity index (χ0) is 43.6. The molecule has 0 unspecified atom stereocenters. The maximum Gasteiger partial charge on any atom is 0.252 e. The lowest BCUT2D eigenvalue weighted by molar-refractivity contribution is 0.631. The number of pyridine rings is 1. The molecule has 308 valence electrons. The van der Waals surface area contributed by atoms with Crippen molar-refractivity contribution in [2.45, 2.75) is 0 Å². The summed E-state index contributed by atoms with van der Waals surface area (Å²) < 4.78 is 6.67. The predicted octanol–water partition coefficient (Wildman–Crippen LogP) is 14.2. The molecule has 0 N–H and O–H groups in total. The summed E-state index contributed by atoms with van der Waals surface area (Å²) in [7, 11) is 0. The van der Waals surface area contributed by atoms with Gasteiger partial charge in [0.2, 0.25) is 0 Å². The average molecular weight is 842 g/mol. The number of hydrogen-bond donors (Lipinski definition) is 0. The van der Waals surface area contributed by atoms with Gasteiger partial charge in [-0.3, -0.25) is 4.98 Å². The third-order valence-electron chi connectivity index (χ3n) is 13.3. The van der Waals surface area contributed by atoms with Crippen molar-refractivity contribution in [2.24, 2.45) is 0 Å². The average Bonchev–Trinajstić information content (AvgIpc) is 3.84. The molecule has 2 aliphatic rings. The van der Waals surface area contributed by atoms with Crippen molar-refractivity contribution in [3.05, 3.63) is 243 Å². The zero-order valence-corrected chi connectivity index (χ0v) is 35.9. The molecule has 0 fully saturated rings. The van der Waals surface area contributed by atoms with Gasteiger partial charge in [-0.05, 0) is 122 Å². The van der Waals surface area contributed by atoms with E-state index in [0.29, 0.717) is 0 Å². The molecule has 0 aliphatic carbocycles. The highest BCUT2D eigenvalue weighted by Crippen LogP contribution is 2.47. The van der Waals surface area contributed by atoms with Crippen LogP contribution in [-0.2, 0) is 0 Å². The third kappa shape index (κ3) is 6.35. The van der Waals surface area contributed by atoms with Crippen molar-refractivity contribution in [3.63, 3.8) is 0 Å². The molecule has 11 aromatic rings. The van der Waals surface area contributed by atoms with Crippen LogP contribution in [0.2, 0.25) is 0 Å². The molecule has 5 heteroatoms. The number of hydrogen-bond acceptors (Lipinski definition) is 4. The number of furan rings is 1. The molecule has 66 heavy (non-hydrogen) atoms. The first-order valence-corrected chi connectivity index (χ1v) is 22.5. The van der Waals surface area contributed by atoms with E-state index in [-0.39, 0.29) is 6.71 Å². The Morgan fingerprint density at radius 2 is 0.742 bits per heavy atom. The maximum absolute atomic E-state index is 6.67. The lowest BCUT2D eigenvalue weighted by Crippen LogP contribution is -2.61. The van der Waals surface area contributed by atoms with E-state index < -0.39 is 0 Å². The number of rotatable bonds is 7. The molecule has 0 saturated heterocycles. The Kier molecular flexibility index (Phi) is 8.92. The van der Waals surface area contributed by atoms with Gasteiger partial charge in [0.1, 0.15) is 11.3 Å². The van der Waals surface area contributed by atoms with Gasteiger partial charge in [-0.1, -0.05) is 170 Å². The Hall–Kier alpha value is -8.67. The summed E-state index contributed by atoms with van der Waals surface area (Å²) in [5.41, 5.74) is 22.4. The molecular weight excluding hydrogens is 802 g/mol. The van der Waals surface area contributed by atoms with Gasteiger partial charge in [-0.2, -0.15) is 0 Å². The smallest absolute Gasteiger partial charge is 0.252 e. The highest BCUT2D eigenvalue weighted by atomic mass is 16.3. The van der Waals surface area contributed by atoms with Crippen LogP contribution < -0.4 is 26.2 Å². The van der Waals surface area contributed by atoms with Gasteiger partial charge in [0.05, 0.1) is 0 Å². The Labute approximate surface area is 384 Å². The summed E-state index contributed by atoms with van der Waals surface area (Å²) in [6.07, 6.45) is 1.83. The third-order valence-corrected chi connectivity index (χ3v) is 13.3. The zero-order valence-electron chi connectivity index (χ0n) is 35.9. The van der Waals surface area contributed by atoms with Gasteiger partial charge in [0, 0.05) is 52.0 Å². The fourth-order valence-electron chi connectivity index (χ4n) is 10.2. The first-order valence-electron chi connectivity index (χ1n) is 22.5. The second-order valence-electron chi connectivity index (χ2n) is 17.1. The number of benzene rings is 9. The van der Waals surface area contributed by atoms with Crippen LogP contribution in [0.25, 0.3) is 66.9 Å². The van der Waals surface area contributed by atoms with E-state index in [4.69, 9.17) is 4.42 Å². The fourth-order valence-corrected chi connectivity index (χ4v) is 10.2. The largest absolute Gasteiger partial charge is 0.454 e. The molecule has 0 spiro atoms. The van der Waals surface area contributed by atoms with Gasteiger partial charge in [0.25, 0.3) is 6.71 Å². The van der Waals surface area contributed by atoms with Gasteiger partial charge in [0.15, 0.2) is 5.58 Å². The number of nitrogens with zero attached hydrogens (tertiary/aromatic N) is 3. The van der Waals surface area contributed by atoms with Crippen LogP contribution in [0, 0.1) is 0 Å². The summed E-state index contributed by atoms with van der Waals surface area (Å²) in [5.74, 6) is 0.772. The number of fused-ring (bicyclic) bond motifs is 5. The Bertz CT molecular complexity index is 3340. The van der Waals surface area contributed by atoms with E-state index in [2.05, 4.69) is 239 Å². The molecule has 0 saturated carbocycles. The topological polar surface area (TPSA) is 32.5 Å². The lowest BCUT2D eigenvalue weighted by Gasteiger charge is -2.44. The van der Waals surface area contributed by atoms with Gasteiger partial charge < -0.3 is 14.2 Å². The van der Waals surface area contributed by atoms with Crippen molar-refractivity contribution in [3.8, 4) is 55.8 Å². The molecule has 0 bridgehead atoms. The van der Waals surface area contributed by atoms with Crippen molar-refractivity contribution in [2.75, 3.05) is 9.80 Å².